The van der Waals surface area contributed by atoms with Gasteiger partial charge in [-0.1, -0.05) is 6.07 Å². The van der Waals surface area contributed by atoms with E-state index in [4.69, 9.17) is 9.72 Å². The van der Waals surface area contributed by atoms with E-state index in [0.717, 1.165) is 67.0 Å². The van der Waals surface area contributed by atoms with E-state index in [1.807, 2.05) is 25.5 Å². The summed E-state index contributed by atoms with van der Waals surface area (Å²) in [6, 6.07) is 7.01. The first-order chi connectivity index (χ1) is 16.6. The second-order valence-corrected chi connectivity index (χ2v) is 10.9. The first-order valence-electron chi connectivity index (χ1n) is 12.9. The molecule has 0 spiro atoms. The molecule has 1 N–H and O–H groups in total. The third-order valence-corrected chi connectivity index (χ3v) is 7.62. The largest absolute Gasteiger partial charge is 0.491 e. The number of hydrogen-bond acceptors (Lipinski definition) is 6. The molecule has 8 nitrogen and oxygen atoms in total. The summed E-state index contributed by atoms with van der Waals surface area (Å²) in [5.41, 5.74) is 2.52. The van der Waals surface area contributed by atoms with E-state index in [1.165, 1.54) is 5.56 Å². The second-order valence-electron chi connectivity index (χ2n) is 10.9. The molecule has 0 aliphatic carbocycles. The minimum Gasteiger partial charge on any atom is -0.491 e. The van der Waals surface area contributed by atoms with Crippen molar-refractivity contribution >= 4 is 0 Å². The van der Waals surface area contributed by atoms with E-state index < -0.39 is 5.60 Å². The zero-order valence-corrected chi connectivity index (χ0v) is 21.8. The van der Waals surface area contributed by atoms with Gasteiger partial charge in [-0.2, -0.15) is 5.10 Å². The van der Waals surface area contributed by atoms with Gasteiger partial charge < -0.3 is 14.4 Å². The van der Waals surface area contributed by atoms with Crippen molar-refractivity contribution in [1.82, 2.24) is 29.2 Å². The van der Waals surface area contributed by atoms with E-state index in [1.54, 1.807) is 0 Å². The van der Waals surface area contributed by atoms with Gasteiger partial charge in [0.15, 0.2) is 5.82 Å². The van der Waals surface area contributed by atoms with Gasteiger partial charge in [0.2, 0.25) is 0 Å². The van der Waals surface area contributed by atoms with Crippen molar-refractivity contribution in [3.05, 3.63) is 35.8 Å². The van der Waals surface area contributed by atoms with Gasteiger partial charge in [-0.15, -0.1) is 0 Å². The van der Waals surface area contributed by atoms with Crippen molar-refractivity contribution in [3.63, 3.8) is 0 Å². The average molecular weight is 479 g/mol. The fourth-order valence-corrected chi connectivity index (χ4v) is 5.44. The molecule has 0 bridgehead atoms. The smallest absolute Gasteiger partial charge is 0.178 e. The Bertz CT molecular complexity index is 1200. The van der Waals surface area contributed by atoms with Crippen LogP contribution in [0.2, 0.25) is 0 Å². The molecule has 1 unspecified atom stereocenters. The van der Waals surface area contributed by atoms with E-state index in [-0.39, 0.29) is 12.1 Å². The average Bonchev–Trinajstić information content (AvgIpc) is 3.38. The third kappa shape index (κ3) is 4.61. The van der Waals surface area contributed by atoms with Crippen molar-refractivity contribution in [2.45, 2.75) is 78.6 Å². The minimum atomic E-state index is -0.607. The number of benzene rings is 1. The van der Waals surface area contributed by atoms with Crippen molar-refractivity contribution in [2.24, 2.45) is 5.92 Å². The Kier molecular flexibility index (Phi) is 6.21. The molecule has 4 heterocycles. The zero-order chi connectivity index (χ0) is 24.9. The van der Waals surface area contributed by atoms with Gasteiger partial charge in [0.25, 0.3) is 0 Å². The number of imidazole rings is 1. The normalized spacial score (nSPS) is 18.2. The number of aliphatic hydroxyl groups is 1. The molecule has 8 heteroatoms. The van der Waals surface area contributed by atoms with Crippen molar-refractivity contribution in [2.75, 3.05) is 19.7 Å². The predicted octanol–water partition coefficient (Wildman–Crippen LogP) is 4.63. The molecular weight excluding hydrogens is 440 g/mol. The molecule has 1 saturated heterocycles. The van der Waals surface area contributed by atoms with Crippen molar-refractivity contribution in [3.8, 4) is 28.7 Å². The molecule has 2 aliphatic heterocycles. The Hall–Kier alpha value is -2.71. The fourth-order valence-electron chi connectivity index (χ4n) is 5.44. The van der Waals surface area contributed by atoms with Crippen LogP contribution in [0.1, 0.15) is 70.9 Å². The van der Waals surface area contributed by atoms with Gasteiger partial charge >= 0.3 is 0 Å². The van der Waals surface area contributed by atoms with Crippen molar-refractivity contribution in [1.29, 1.82) is 0 Å². The maximum Gasteiger partial charge on any atom is 0.178 e. The van der Waals surface area contributed by atoms with Crippen LogP contribution >= 0.6 is 0 Å². The molecule has 3 aromatic rings. The van der Waals surface area contributed by atoms with Crippen LogP contribution in [0.3, 0.4) is 0 Å². The topological polar surface area (TPSA) is 81.2 Å². The number of aromatic nitrogens is 5. The molecule has 2 aliphatic rings. The summed E-state index contributed by atoms with van der Waals surface area (Å²) in [6.07, 6.45) is 4.12. The summed E-state index contributed by atoms with van der Waals surface area (Å²) in [6.45, 7) is 15.6. The molecule has 0 radical (unpaired) electrons. The lowest BCUT2D eigenvalue weighted by Gasteiger charge is -2.40. The predicted molar refractivity (Wildman–Crippen MR) is 136 cm³/mol. The second kappa shape index (κ2) is 9.06. The number of piperidine rings is 1. The highest BCUT2D eigenvalue weighted by molar-refractivity contribution is 5.69. The van der Waals surface area contributed by atoms with Gasteiger partial charge in [0.1, 0.15) is 29.7 Å². The summed E-state index contributed by atoms with van der Waals surface area (Å²) < 4.78 is 10.2. The van der Waals surface area contributed by atoms with E-state index in [0.29, 0.717) is 12.5 Å². The first kappa shape index (κ1) is 24.0. The summed E-state index contributed by atoms with van der Waals surface area (Å²) in [5.74, 6) is 3.70. The molecule has 5 rings (SSSR count). The number of ether oxygens (including phenoxy) is 1. The summed E-state index contributed by atoms with van der Waals surface area (Å²) in [4.78, 5) is 12.2. The van der Waals surface area contributed by atoms with Gasteiger partial charge in [-0.3, -0.25) is 4.90 Å². The Morgan fingerprint density at radius 1 is 1.06 bits per heavy atom. The highest BCUT2D eigenvalue weighted by Crippen LogP contribution is 2.38. The van der Waals surface area contributed by atoms with Crippen LogP contribution in [0.4, 0.5) is 0 Å². The maximum atomic E-state index is 10.4. The molecule has 2 aromatic heterocycles. The fraction of sp³-hybridized carbons (Fsp3) is 0.593. The number of fused-ring (bicyclic) bond motifs is 3. The van der Waals surface area contributed by atoms with Crippen LogP contribution in [-0.4, -0.2) is 59.6 Å². The van der Waals surface area contributed by atoms with Gasteiger partial charge in [-0.25, -0.2) is 14.6 Å². The summed E-state index contributed by atoms with van der Waals surface area (Å²) >= 11 is 0. The lowest BCUT2D eigenvalue weighted by molar-refractivity contribution is -0.0179. The number of nitrogens with zero attached hydrogens (tertiary/aromatic N) is 6. The molecule has 1 atom stereocenters. The molecule has 0 amide bonds. The Morgan fingerprint density at radius 3 is 2.49 bits per heavy atom. The Morgan fingerprint density at radius 2 is 1.80 bits per heavy atom. The Labute approximate surface area is 208 Å². The zero-order valence-electron chi connectivity index (χ0n) is 21.8. The highest BCUT2D eigenvalue weighted by Gasteiger charge is 2.32. The van der Waals surface area contributed by atoms with Crippen LogP contribution in [0, 0.1) is 12.8 Å². The third-order valence-electron chi connectivity index (χ3n) is 7.62. The van der Waals surface area contributed by atoms with Crippen LogP contribution < -0.4 is 4.74 Å². The van der Waals surface area contributed by atoms with E-state index in [9.17, 15) is 5.11 Å². The molecule has 1 aromatic carbocycles. The standard InChI is InChI=1S/C27H38N6O2/c1-17(2)33-26(28-19(4)30-33)23-16-32-13-14-35-24-8-7-20(15-22(24)25(32)29-23)18(3)31-11-9-21(10-12-31)27(5,6)34/h7-8,15-18,21,34H,9-14H2,1-6H3. The van der Waals surface area contributed by atoms with E-state index in [2.05, 4.69) is 64.7 Å². The number of hydrogen-bond donors (Lipinski definition) is 1. The van der Waals surface area contributed by atoms with Gasteiger partial charge in [0, 0.05) is 18.3 Å². The monoisotopic (exact) mass is 478 g/mol. The quantitative estimate of drug-likeness (QED) is 0.576. The molecule has 188 valence electrons. The first-order valence-corrected chi connectivity index (χ1v) is 12.9. The van der Waals surface area contributed by atoms with Crippen LogP contribution in [0.5, 0.6) is 5.75 Å². The summed E-state index contributed by atoms with van der Waals surface area (Å²) in [5, 5.41) is 15.0. The Balaban J connectivity index is 1.45. The number of aryl methyl sites for hydroxylation is 1. The number of likely N-dealkylation sites (tertiary alicyclic amines) is 1. The van der Waals surface area contributed by atoms with Crippen LogP contribution in [0.25, 0.3) is 22.9 Å². The lowest BCUT2D eigenvalue weighted by Crippen LogP contribution is -2.42. The highest BCUT2D eigenvalue weighted by atomic mass is 16.5. The SMILES string of the molecule is Cc1nc(-c2cn3c(n2)-c2cc(C(C)N4CCC(C(C)(C)O)CC4)ccc2OCC3)n(C(C)C)n1. The molecule has 0 saturated carbocycles. The van der Waals surface area contributed by atoms with Crippen molar-refractivity contribution < 1.29 is 9.84 Å². The molecular formula is C27H38N6O2. The van der Waals surface area contributed by atoms with Crippen LogP contribution in [-0.2, 0) is 6.54 Å². The minimum absolute atomic E-state index is 0.205. The summed E-state index contributed by atoms with van der Waals surface area (Å²) in [7, 11) is 0. The van der Waals surface area contributed by atoms with Gasteiger partial charge in [0.05, 0.1) is 17.7 Å². The van der Waals surface area contributed by atoms with Gasteiger partial charge in [-0.05, 0) is 91.1 Å². The molecule has 35 heavy (non-hydrogen) atoms. The van der Waals surface area contributed by atoms with Crippen LogP contribution in [0.15, 0.2) is 24.4 Å². The molecule has 1 fully saturated rings. The van der Waals surface area contributed by atoms with E-state index >= 15 is 0 Å². The lowest BCUT2D eigenvalue weighted by atomic mass is 9.82. The maximum absolute atomic E-state index is 10.4. The number of rotatable bonds is 5.